The Morgan fingerprint density at radius 2 is 2.23 bits per heavy atom. The maximum Gasteiger partial charge on any atom is 0.254 e. The zero-order valence-corrected chi connectivity index (χ0v) is 13.3. The van der Waals surface area contributed by atoms with E-state index >= 15 is 0 Å². The summed E-state index contributed by atoms with van der Waals surface area (Å²) in [6.45, 7) is 4.49. The van der Waals surface area contributed by atoms with Gasteiger partial charge in [0.15, 0.2) is 0 Å². The summed E-state index contributed by atoms with van der Waals surface area (Å²) in [7, 11) is 0. The second-order valence-corrected chi connectivity index (χ2v) is 7.66. The van der Waals surface area contributed by atoms with E-state index in [1.165, 1.54) is 18.1 Å². The average Bonchev–Trinajstić information content (AvgIpc) is 2.49. The average molecular weight is 322 g/mol. The van der Waals surface area contributed by atoms with Crippen LogP contribution in [0.2, 0.25) is 0 Å². The third-order valence-corrected chi connectivity index (χ3v) is 5.49. The molecule has 2 amide bonds. The first-order chi connectivity index (χ1) is 10.4. The van der Waals surface area contributed by atoms with Crippen LogP contribution in [0.15, 0.2) is 11.1 Å². The molecule has 3 rings (SSSR count). The molecule has 0 saturated carbocycles. The fourth-order valence-electron chi connectivity index (χ4n) is 2.64. The van der Waals surface area contributed by atoms with Gasteiger partial charge in [0.05, 0.1) is 23.3 Å². The lowest BCUT2D eigenvalue weighted by atomic mass is 10.1. The van der Waals surface area contributed by atoms with Crippen LogP contribution in [0.25, 0.3) is 0 Å². The minimum Gasteiger partial charge on any atom is -0.342 e. The number of thioether (sulfide) groups is 1. The molecule has 1 fully saturated rings. The zero-order valence-electron chi connectivity index (χ0n) is 12.5. The van der Waals surface area contributed by atoms with Crippen LogP contribution in [0.3, 0.4) is 0 Å². The first kappa shape index (κ1) is 15.1. The van der Waals surface area contributed by atoms with Crippen molar-refractivity contribution in [3.05, 3.63) is 27.9 Å². The molecule has 2 aliphatic heterocycles. The van der Waals surface area contributed by atoms with Gasteiger partial charge in [0.25, 0.3) is 5.56 Å². The summed E-state index contributed by atoms with van der Waals surface area (Å²) in [4.78, 5) is 44.7. The molecule has 8 heteroatoms. The van der Waals surface area contributed by atoms with E-state index in [9.17, 15) is 14.4 Å². The van der Waals surface area contributed by atoms with Crippen molar-refractivity contribution in [1.29, 1.82) is 0 Å². The number of fused-ring (bicyclic) bond motifs is 1. The SMILES string of the molecule is CC1(C)SCC(C(=O)N2CCc3c(nc[nH]c3=O)C2)NC1=O. The van der Waals surface area contributed by atoms with Crippen molar-refractivity contribution in [2.24, 2.45) is 0 Å². The van der Waals surface area contributed by atoms with Gasteiger partial charge >= 0.3 is 0 Å². The summed E-state index contributed by atoms with van der Waals surface area (Å²) < 4.78 is -0.500. The number of hydrogen-bond donors (Lipinski definition) is 2. The second-order valence-electron chi connectivity index (χ2n) is 6.01. The molecule has 2 N–H and O–H groups in total. The van der Waals surface area contributed by atoms with E-state index in [1.54, 1.807) is 4.90 Å². The molecule has 1 atom stereocenters. The third-order valence-electron chi connectivity index (χ3n) is 4.08. The maximum absolute atomic E-state index is 12.6. The molecule has 3 heterocycles. The molecule has 1 aromatic rings. The van der Waals surface area contributed by atoms with Gasteiger partial charge in [-0.05, 0) is 20.3 Å². The van der Waals surface area contributed by atoms with Crippen LogP contribution in [-0.2, 0) is 22.6 Å². The molecular weight excluding hydrogens is 304 g/mol. The number of amides is 2. The summed E-state index contributed by atoms with van der Waals surface area (Å²) in [6, 6.07) is -0.505. The van der Waals surface area contributed by atoms with Crippen molar-refractivity contribution in [2.75, 3.05) is 12.3 Å². The van der Waals surface area contributed by atoms with Crippen LogP contribution in [-0.4, -0.2) is 49.8 Å². The van der Waals surface area contributed by atoms with Gasteiger partial charge in [0.2, 0.25) is 11.8 Å². The molecule has 1 aromatic heterocycles. The maximum atomic E-state index is 12.6. The number of carbonyl (C=O) groups is 2. The van der Waals surface area contributed by atoms with Crippen LogP contribution in [0.5, 0.6) is 0 Å². The quantitative estimate of drug-likeness (QED) is 0.738. The second kappa shape index (κ2) is 5.42. The van der Waals surface area contributed by atoms with Crippen molar-refractivity contribution in [2.45, 2.75) is 37.6 Å². The van der Waals surface area contributed by atoms with Gasteiger partial charge in [-0.1, -0.05) is 0 Å². The summed E-state index contributed by atoms with van der Waals surface area (Å²) in [6.07, 6.45) is 1.85. The van der Waals surface area contributed by atoms with E-state index in [1.807, 2.05) is 13.8 Å². The smallest absolute Gasteiger partial charge is 0.254 e. The highest BCUT2D eigenvalue weighted by Crippen LogP contribution is 2.29. The van der Waals surface area contributed by atoms with Crippen LogP contribution in [0.1, 0.15) is 25.1 Å². The van der Waals surface area contributed by atoms with Gasteiger partial charge in [-0.3, -0.25) is 14.4 Å². The topological polar surface area (TPSA) is 95.2 Å². The highest BCUT2D eigenvalue weighted by atomic mass is 32.2. The van der Waals surface area contributed by atoms with E-state index in [0.717, 1.165) is 0 Å². The van der Waals surface area contributed by atoms with Gasteiger partial charge in [0.1, 0.15) is 6.04 Å². The molecule has 0 aromatic carbocycles. The van der Waals surface area contributed by atoms with E-state index in [0.29, 0.717) is 36.5 Å². The highest BCUT2D eigenvalue weighted by molar-refractivity contribution is 8.01. The van der Waals surface area contributed by atoms with E-state index in [-0.39, 0.29) is 17.4 Å². The van der Waals surface area contributed by atoms with Gasteiger partial charge in [-0.25, -0.2) is 4.98 Å². The Balaban J connectivity index is 1.72. The Hall–Kier alpha value is -1.83. The lowest BCUT2D eigenvalue weighted by molar-refractivity contribution is -0.137. The Morgan fingerprint density at radius 1 is 1.45 bits per heavy atom. The standard InChI is InChI=1S/C14H18N4O3S/c1-14(2)13(21)17-10(6-22-14)12(20)18-4-3-8-9(5-18)15-7-16-11(8)19/h7,10H,3-6H2,1-2H3,(H,17,21)(H,15,16,19). The minimum atomic E-state index is -0.505. The van der Waals surface area contributed by atoms with Crippen LogP contribution < -0.4 is 10.9 Å². The number of aromatic amines is 1. The molecule has 118 valence electrons. The predicted molar refractivity (Wildman–Crippen MR) is 82.4 cm³/mol. The zero-order chi connectivity index (χ0) is 15.9. The largest absolute Gasteiger partial charge is 0.342 e. The van der Waals surface area contributed by atoms with Crippen molar-refractivity contribution in [3.8, 4) is 0 Å². The van der Waals surface area contributed by atoms with Crippen LogP contribution in [0, 0.1) is 0 Å². The van der Waals surface area contributed by atoms with Gasteiger partial charge in [0, 0.05) is 17.9 Å². The van der Waals surface area contributed by atoms with E-state index < -0.39 is 10.8 Å². The lowest BCUT2D eigenvalue weighted by Crippen LogP contribution is -2.58. The molecule has 0 radical (unpaired) electrons. The molecule has 2 aliphatic rings. The van der Waals surface area contributed by atoms with E-state index in [4.69, 9.17) is 0 Å². The van der Waals surface area contributed by atoms with Gasteiger partial charge in [-0.15, -0.1) is 11.8 Å². The number of aromatic nitrogens is 2. The first-order valence-corrected chi connectivity index (χ1v) is 8.16. The fourth-order valence-corrected chi connectivity index (χ4v) is 3.64. The number of nitrogens with one attached hydrogen (secondary N) is 2. The van der Waals surface area contributed by atoms with Crippen LogP contribution in [0.4, 0.5) is 0 Å². The number of nitrogens with zero attached hydrogens (tertiary/aromatic N) is 2. The third kappa shape index (κ3) is 2.63. The molecule has 1 saturated heterocycles. The van der Waals surface area contributed by atoms with Gasteiger partial charge in [-0.2, -0.15) is 0 Å². The lowest BCUT2D eigenvalue weighted by Gasteiger charge is -2.36. The Labute approximate surface area is 131 Å². The number of hydrogen-bond acceptors (Lipinski definition) is 5. The van der Waals surface area contributed by atoms with E-state index in [2.05, 4.69) is 15.3 Å². The number of H-pyrrole nitrogens is 1. The van der Waals surface area contributed by atoms with Crippen molar-refractivity contribution in [1.82, 2.24) is 20.2 Å². The summed E-state index contributed by atoms with van der Waals surface area (Å²) in [5.74, 6) is 0.335. The van der Waals surface area contributed by atoms with Crippen molar-refractivity contribution in [3.63, 3.8) is 0 Å². The minimum absolute atomic E-state index is 0.107. The molecule has 7 nitrogen and oxygen atoms in total. The number of rotatable bonds is 1. The highest BCUT2D eigenvalue weighted by Gasteiger charge is 2.39. The molecule has 1 unspecified atom stereocenters. The Morgan fingerprint density at radius 3 is 2.95 bits per heavy atom. The Kier molecular flexibility index (Phi) is 3.72. The van der Waals surface area contributed by atoms with Crippen LogP contribution >= 0.6 is 11.8 Å². The van der Waals surface area contributed by atoms with Crippen molar-refractivity contribution >= 4 is 23.6 Å². The Bertz CT molecular complexity index is 685. The monoisotopic (exact) mass is 322 g/mol. The normalized spacial score (nSPS) is 23.6. The predicted octanol–water partition coefficient (Wildman–Crippen LogP) is -0.335. The summed E-state index contributed by atoms with van der Waals surface area (Å²) >= 11 is 1.49. The first-order valence-electron chi connectivity index (χ1n) is 7.17. The fraction of sp³-hybridized carbons (Fsp3) is 0.571. The molecular formula is C14H18N4O3S. The molecule has 0 aliphatic carbocycles. The summed E-state index contributed by atoms with van der Waals surface area (Å²) in [5.41, 5.74) is 1.15. The molecule has 0 bridgehead atoms. The number of carbonyl (C=O) groups excluding carboxylic acids is 2. The van der Waals surface area contributed by atoms with Gasteiger partial charge < -0.3 is 15.2 Å². The molecule has 22 heavy (non-hydrogen) atoms. The summed E-state index contributed by atoms with van der Waals surface area (Å²) in [5, 5.41) is 2.80. The molecule has 0 spiro atoms. The van der Waals surface area contributed by atoms with Crippen molar-refractivity contribution < 1.29 is 9.59 Å².